The van der Waals surface area contributed by atoms with E-state index in [0.717, 1.165) is 0 Å². The molecule has 0 spiro atoms. The van der Waals surface area contributed by atoms with Gasteiger partial charge in [0.15, 0.2) is 0 Å². The van der Waals surface area contributed by atoms with Crippen LogP contribution in [0.3, 0.4) is 0 Å². The van der Waals surface area contributed by atoms with Gasteiger partial charge in [-0.1, -0.05) is 15.9 Å². The summed E-state index contributed by atoms with van der Waals surface area (Å²) in [6, 6.07) is 2.90. The van der Waals surface area contributed by atoms with Crippen molar-refractivity contribution in [2.24, 2.45) is 0 Å². The normalized spacial score (nSPS) is 17.1. The van der Waals surface area contributed by atoms with Crippen LogP contribution < -0.4 is 4.90 Å². The summed E-state index contributed by atoms with van der Waals surface area (Å²) in [6.45, 7) is 1.34. The summed E-state index contributed by atoms with van der Waals surface area (Å²) in [5.74, 6) is 0.286. The molecule has 0 aromatic carbocycles. The monoisotopic (exact) mass is 364 g/mol. The molecule has 0 bridgehead atoms. The van der Waals surface area contributed by atoms with Crippen LogP contribution in [0, 0.1) is 10.1 Å². The van der Waals surface area contributed by atoms with E-state index >= 15 is 0 Å². The highest BCUT2D eigenvalue weighted by Crippen LogP contribution is 2.26. The number of piperazine rings is 1. The number of aromatic nitrogens is 1. The summed E-state index contributed by atoms with van der Waals surface area (Å²) in [5.41, 5.74) is -0.0655. The van der Waals surface area contributed by atoms with Gasteiger partial charge >= 0.3 is 5.69 Å². The molecule has 0 aliphatic carbocycles. The Bertz CT molecular complexity index is 601. The van der Waals surface area contributed by atoms with Crippen molar-refractivity contribution >= 4 is 37.5 Å². The molecule has 0 unspecified atom stereocenters. The van der Waals surface area contributed by atoms with Gasteiger partial charge < -0.3 is 4.90 Å². The van der Waals surface area contributed by atoms with E-state index in [-0.39, 0.29) is 16.2 Å². The molecule has 2 rings (SSSR count). The number of rotatable bonds is 4. The highest BCUT2D eigenvalue weighted by molar-refractivity contribution is 9.10. The lowest BCUT2D eigenvalue weighted by atomic mass is 10.3. The Balaban J connectivity index is 2.14. The molecule has 0 atom stereocenters. The molecule has 0 amide bonds. The van der Waals surface area contributed by atoms with E-state index in [9.17, 15) is 18.5 Å². The highest BCUT2D eigenvalue weighted by atomic mass is 79.9. The van der Waals surface area contributed by atoms with Crippen LogP contribution >= 0.6 is 15.9 Å². The van der Waals surface area contributed by atoms with Crippen molar-refractivity contribution < 1.29 is 13.3 Å². The smallest absolute Gasteiger partial charge is 0.311 e. The van der Waals surface area contributed by atoms with Crippen molar-refractivity contribution in [2.45, 2.75) is 0 Å². The molecule has 1 fully saturated rings. The van der Waals surface area contributed by atoms with E-state index in [4.69, 9.17) is 0 Å². The molecule has 0 N–H and O–H groups in total. The fraction of sp³-hybridized carbons (Fsp3) is 0.500. The lowest BCUT2D eigenvalue weighted by Gasteiger charge is -2.33. The van der Waals surface area contributed by atoms with E-state index in [1.54, 1.807) is 4.90 Å². The van der Waals surface area contributed by atoms with Gasteiger partial charge in [-0.3, -0.25) is 10.1 Å². The first kappa shape index (κ1) is 15.1. The van der Waals surface area contributed by atoms with Gasteiger partial charge in [0.05, 0.1) is 4.92 Å². The number of hydrogen-bond acceptors (Lipinski definition) is 6. The summed E-state index contributed by atoms with van der Waals surface area (Å²) in [7, 11) is -3.28. The Morgan fingerprint density at radius 2 is 2.00 bits per heavy atom. The van der Waals surface area contributed by atoms with Gasteiger partial charge in [-0.05, 0) is 6.07 Å². The van der Waals surface area contributed by atoms with Crippen molar-refractivity contribution in [1.82, 2.24) is 9.29 Å². The number of pyridine rings is 1. The van der Waals surface area contributed by atoms with E-state index in [1.165, 1.54) is 22.6 Å². The topological polar surface area (TPSA) is 96.7 Å². The first-order valence-corrected chi connectivity index (χ1v) is 8.57. The minimum atomic E-state index is -3.28. The number of nitro groups is 1. The predicted octanol–water partition coefficient (Wildman–Crippen LogP) is 0.794. The van der Waals surface area contributed by atoms with Gasteiger partial charge in [0, 0.05) is 38.4 Å². The zero-order chi connectivity index (χ0) is 14.8. The lowest BCUT2D eigenvalue weighted by molar-refractivity contribution is -0.384. The fourth-order valence-electron chi connectivity index (χ4n) is 2.02. The highest BCUT2D eigenvalue weighted by Gasteiger charge is 2.29. The van der Waals surface area contributed by atoms with Crippen molar-refractivity contribution in [3.8, 4) is 0 Å². The number of sulfonamides is 1. The molecule has 0 saturated carbocycles. The van der Waals surface area contributed by atoms with Crippen LogP contribution in [-0.2, 0) is 10.0 Å². The minimum Gasteiger partial charge on any atom is -0.348 e. The Labute approximate surface area is 124 Å². The molecule has 1 aliphatic heterocycles. The van der Waals surface area contributed by atoms with Crippen molar-refractivity contribution in [3.63, 3.8) is 0 Å². The maximum atomic E-state index is 11.7. The Morgan fingerprint density at radius 3 is 2.55 bits per heavy atom. The SMILES string of the molecule is O=[N+]([O-])c1cccnc1N1CCN(S(=O)(=O)CBr)CC1. The molecule has 20 heavy (non-hydrogen) atoms. The van der Waals surface area contributed by atoms with Gasteiger partial charge in [0.2, 0.25) is 15.8 Å². The average molecular weight is 365 g/mol. The lowest BCUT2D eigenvalue weighted by Crippen LogP contribution is -2.49. The molecule has 1 aromatic heterocycles. The summed E-state index contributed by atoms with van der Waals surface area (Å²) in [4.78, 5) is 16.3. The van der Waals surface area contributed by atoms with Gasteiger partial charge in [-0.25, -0.2) is 13.4 Å². The molecule has 1 saturated heterocycles. The number of anilines is 1. The molecular formula is C10H13BrN4O4S. The average Bonchev–Trinajstić information content (AvgIpc) is 2.47. The second kappa shape index (κ2) is 6.02. The third-order valence-corrected chi connectivity index (χ3v) is 6.20. The number of halogens is 1. The maximum Gasteiger partial charge on any atom is 0.311 e. The fourth-order valence-corrected chi connectivity index (χ4v) is 3.75. The van der Waals surface area contributed by atoms with Gasteiger partial charge in [0.1, 0.15) is 4.66 Å². The van der Waals surface area contributed by atoms with Crippen LogP contribution in [0.1, 0.15) is 0 Å². The molecule has 110 valence electrons. The molecule has 8 nitrogen and oxygen atoms in total. The van der Waals surface area contributed by atoms with Crippen LogP contribution in [0.25, 0.3) is 0 Å². The van der Waals surface area contributed by atoms with E-state index < -0.39 is 14.9 Å². The molecule has 10 heteroatoms. The summed E-state index contributed by atoms with van der Waals surface area (Å²) in [6.07, 6.45) is 1.49. The Hall–Kier alpha value is -1.26. The van der Waals surface area contributed by atoms with Crippen LogP contribution in [0.2, 0.25) is 0 Å². The summed E-state index contributed by atoms with van der Waals surface area (Å²) in [5, 5.41) is 11.0. The quantitative estimate of drug-likeness (QED) is 0.445. The first-order valence-electron chi connectivity index (χ1n) is 5.84. The van der Waals surface area contributed by atoms with Crippen molar-refractivity contribution in [2.75, 3.05) is 35.7 Å². The van der Waals surface area contributed by atoms with Gasteiger partial charge in [-0.2, -0.15) is 4.31 Å². The maximum absolute atomic E-state index is 11.7. The second-order valence-corrected chi connectivity index (χ2v) is 7.48. The van der Waals surface area contributed by atoms with Gasteiger partial charge in [-0.15, -0.1) is 0 Å². The number of nitrogens with zero attached hydrogens (tertiary/aromatic N) is 4. The molecule has 1 aromatic rings. The third kappa shape index (κ3) is 3.07. The van der Waals surface area contributed by atoms with E-state index in [1.807, 2.05) is 0 Å². The van der Waals surface area contributed by atoms with Crippen LogP contribution in [-0.4, -0.2) is 53.5 Å². The zero-order valence-corrected chi connectivity index (χ0v) is 12.9. The third-order valence-electron chi connectivity index (χ3n) is 3.03. The van der Waals surface area contributed by atoms with Crippen LogP contribution in [0.4, 0.5) is 11.5 Å². The summed E-state index contributed by atoms with van der Waals surface area (Å²) < 4.78 is 24.7. The molecular weight excluding hydrogens is 352 g/mol. The van der Waals surface area contributed by atoms with Crippen molar-refractivity contribution in [3.05, 3.63) is 28.4 Å². The van der Waals surface area contributed by atoms with Crippen LogP contribution in [0.5, 0.6) is 0 Å². The Kier molecular flexibility index (Phi) is 4.55. The predicted molar refractivity (Wildman–Crippen MR) is 77.4 cm³/mol. The van der Waals surface area contributed by atoms with E-state index in [2.05, 4.69) is 20.9 Å². The largest absolute Gasteiger partial charge is 0.348 e. The minimum absolute atomic E-state index is 0.0655. The standard InChI is InChI=1S/C10H13BrN4O4S/c11-8-20(18,19)14-6-4-13(5-7-14)10-9(15(16)17)2-1-3-12-10/h1-3H,4-8H2. The molecule has 1 aliphatic rings. The van der Waals surface area contributed by atoms with E-state index in [0.29, 0.717) is 26.2 Å². The molecule has 0 radical (unpaired) electrons. The molecule has 2 heterocycles. The Morgan fingerprint density at radius 1 is 1.35 bits per heavy atom. The van der Waals surface area contributed by atoms with Crippen molar-refractivity contribution in [1.29, 1.82) is 0 Å². The van der Waals surface area contributed by atoms with Crippen LogP contribution in [0.15, 0.2) is 18.3 Å². The summed E-state index contributed by atoms with van der Waals surface area (Å²) >= 11 is 2.95. The zero-order valence-electron chi connectivity index (χ0n) is 10.5. The first-order chi connectivity index (χ1) is 9.45. The van der Waals surface area contributed by atoms with Gasteiger partial charge in [0.25, 0.3) is 0 Å². The number of alkyl halides is 1. The number of hydrogen-bond donors (Lipinski definition) is 0. The second-order valence-electron chi connectivity index (χ2n) is 4.21.